The van der Waals surface area contributed by atoms with Gasteiger partial charge in [0.05, 0.1) is 0 Å². The third kappa shape index (κ3) is 1.65. The van der Waals surface area contributed by atoms with Gasteiger partial charge in [-0.1, -0.05) is 6.42 Å². The first-order valence-electron chi connectivity index (χ1n) is 6.76. The Kier molecular flexibility index (Phi) is 2.66. The molecule has 1 amide bonds. The van der Waals surface area contributed by atoms with E-state index in [0.29, 0.717) is 23.8 Å². The summed E-state index contributed by atoms with van der Waals surface area (Å²) in [7, 11) is 0. The number of hydrogen-bond acceptors (Lipinski definition) is 2. The molecule has 2 aliphatic heterocycles. The van der Waals surface area contributed by atoms with Crippen LogP contribution in [0, 0.1) is 17.8 Å². The maximum Gasteiger partial charge on any atom is 0.223 e. The molecule has 0 radical (unpaired) electrons. The zero-order valence-corrected chi connectivity index (χ0v) is 10.1. The number of rotatable bonds is 2. The molecule has 3 unspecified atom stereocenters. The molecule has 1 saturated carbocycles. The van der Waals surface area contributed by atoms with Crippen LogP contribution in [0.1, 0.15) is 32.6 Å². The molecule has 90 valence electrons. The maximum atomic E-state index is 12.2. The van der Waals surface area contributed by atoms with Crippen LogP contribution in [0.15, 0.2) is 0 Å². The third-order valence-electron chi connectivity index (χ3n) is 4.94. The van der Waals surface area contributed by atoms with E-state index in [-0.39, 0.29) is 0 Å². The van der Waals surface area contributed by atoms with Crippen molar-refractivity contribution in [3.05, 3.63) is 0 Å². The minimum absolute atomic E-state index is 0.423. The first-order chi connectivity index (χ1) is 7.75. The van der Waals surface area contributed by atoms with Crippen LogP contribution in [0.5, 0.6) is 0 Å². The van der Waals surface area contributed by atoms with Crippen molar-refractivity contribution in [3.8, 4) is 0 Å². The summed E-state index contributed by atoms with van der Waals surface area (Å²) >= 11 is 0. The van der Waals surface area contributed by atoms with Gasteiger partial charge in [0.25, 0.3) is 0 Å². The summed E-state index contributed by atoms with van der Waals surface area (Å²) in [6, 6.07) is 0.465. The summed E-state index contributed by atoms with van der Waals surface area (Å²) in [5.41, 5.74) is 0. The highest BCUT2D eigenvalue weighted by Crippen LogP contribution is 2.35. The molecule has 1 aliphatic carbocycles. The second-order valence-electron chi connectivity index (χ2n) is 5.87. The summed E-state index contributed by atoms with van der Waals surface area (Å²) in [5.74, 6) is 2.57. The van der Waals surface area contributed by atoms with E-state index in [1.807, 2.05) is 0 Å². The molecular formula is C13H22N2O. The average Bonchev–Trinajstić information content (AvgIpc) is 2.75. The average molecular weight is 222 g/mol. The van der Waals surface area contributed by atoms with Crippen LogP contribution in [0.3, 0.4) is 0 Å². The van der Waals surface area contributed by atoms with Crippen molar-refractivity contribution in [2.24, 2.45) is 17.8 Å². The van der Waals surface area contributed by atoms with Crippen LogP contribution in [0.25, 0.3) is 0 Å². The second-order valence-corrected chi connectivity index (χ2v) is 5.87. The normalized spacial score (nSPS) is 38.6. The quantitative estimate of drug-likeness (QED) is 0.762. The first-order valence-corrected chi connectivity index (χ1v) is 6.76. The van der Waals surface area contributed by atoms with Gasteiger partial charge in [0.15, 0.2) is 0 Å². The number of fused-ring (bicyclic) bond motifs is 1. The zero-order valence-electron chi connectivity index (χ0n) is 10.1. The lowest BCUT2D eigenvalue weighted by atomic mass is 9.82. The summed E-state index contributed by atoms with van der Waals surface area (Å²) in [6.07, 6.45) is 4.71. The smallest absolute Gasteiger partial charge is 0.223 e. The van der Waals surface area contributed by atoms with Crippen LogP contribution < -0.4 is 5.32 Å². The molecule has 0 aromatic rings. The Morgan fingerprint density at radius 3 is 2.81 bits per heavy atom. The Labute approximate surface area is 97.6 Å². The zero-order chi connectivity index (χ0) is 11.1. The van der Waals surface area contributed by atoms with Crippen molar-refractivity contribution in [1.82, 2.24) is 10.2 Å². The second kappa shape index (κ2) is 4.02. The van der Waals surface area contributed by atoms with E-state index in [1.54, 1.807) is 0 Å². The molecule has 3 heteroatoms. The fourth-order valence-corrected chi connectivity index (χ4v) is 3.56. The van der Waals surface area contributed by atoms with Gasteiger partial charge < -0.3 is 10.2 Å². The number of nitrogens with one attached hydrogen (secondary N) is 1. The fraction of sp³-hybridized carbons (Fsp3) is 0.923. The molecule has 0 bridgehead atoms. The Balaban J connectivity index is 1.60. The minimum atomic E-state index is 0.423. The monoisotopic (exact) mass is 222 g/mol. The van der Waals surface area contributed by atoms with E-state index in [1.165, 1.54) is 19.3 Å². The lowest BCUT2D eigenvalue weighted by Gasteiger charge is -2.30. The summed E-state index contributed by atoms with van der Waals surface area (Å²) < 4.78 is 0. The molecule has 3 fully saturated rings. The maximum absolute atomic E-state index is 12.2. The van der Waals surface area contributed by atoms with Crippen molar-refractivity contribution in [3.63, 3.8) is 0 Å². The molecule has 1 N–H and O–H groups in total. The van der Waals surface area contributed by atoms with Crippen molar-refractivity contribution in [2.75, 3.05) is 19.6 Å². The standard InChI is InChI=1S/C13H22N2O/c1-9-12-7-14-6-11(12)8-15(9)13(16)5-10-3-2-4-10/h9-12,14H,2-8H2,1H3. The van der Waals surface area contributed by atoms with Gasteiger partial charge in [-0.2, -0.15) is 0 Å². The Hall–Kier alpha value is -0.570. The van der Waals surface area contributed by atoms with Crippen LogP contribution in [0.4, 0.5) is 0 Å². The first kappa shape index (κ1) is 10.6. The van der Waals surface area contributed by atoms with Crippen LogP contribution in [-0.2, 0) is 4.79 Å². The van der Waals surface area contributed by atoms with Gasteiger partial charge in [0, 0.05) is 32.1 Å². The number of likely N-dealkylation sites (tertiary alicyclic amines) is 1. The van der Waals surface area contributed by atoms with Crippen molar-refractivity contribution >= 4 is 5.91 Å². The van der Waals surface area contributed by atoms with Crippen molar-refractivity contribution in [2.45, 2.75) is 38.6 Å². The lowest BCUT2D eigenvalue weighted by Crippen LogP contribution is -2.39. The fourth-order valence-electron chi connectivity index (χ4n) is 3.56. The predicted octanol–water partition coefficient (Wildman–Crippen LogP) is 1.24. The van der Waals surface area contributed by atoms with Gasteiger partial charge in [-0.15, -0.1) is 0 Å². The Morgan fingerprint density at radius 1 is 1.38 bits per heavy atom. The predicted molar refractivity (Wildman–Crippen MR) is 63.0 cm³/mol. The van der Waals surface area contributed by atoms with Gasteiger partial charge in [-0.3, -0.25) is 4.79 Å². The highest BCUT2D eigenvalue weighted by Gasteiger charge is 2.43. The van der Waals surface area contributed by atoms with Crippen LogP contribution in [-0.4, -0.2) is 36.5 Å². The molecule has 3 nitrogen and oxygen atoms in total. The van der Waals surface area contributed by atoms with Crippen molar-refractivity contribution < 1.29 is 4.79 Å². The SMILES string of the molecule is CC1C2CNCC2CN1C(=O)CC1CCC1. The lowest BCUT2D eigenvalue weighted by molar-refractivity contribution is -0.133. The number of hydrogen-bond donors (Lipinski definition) is 1. The topological polar surface area (TPSA) is 32.3 Å². The van der Waals surface area contributed by atoms with Gasteiger partial charge in [0.2, 0.25) is 5.91 Å². The number of amides is 1. The highest BCUT2D eigenvalue weighted by atomic mass is 16.2. The van der Waals surface area contributed by atoms with Crippen molar-refractivity contribution in [1.29, 1.82) is 0 Å². The van der Waals surface area contributed by atoms with E-state index < -0.39 is 0 Å². The number of carbonyl (C=O) groups excluding carboxylic acids is 1. The summed E-state index contributed by atoms with van der Waals surface area (Å²) in [5, 5.41) is 3.44. The van der Waals surface area contributed by atoms with Crippen LogP contribution in [0.2, 0.25) is 0 Å². The molecule has 2 saturated heterocycles. The summed E-state index contributed by atoms with van der Waals surface area (Å²) in [4.78, 5) is 14.4. The molecule has 16 heavy (non-hydrogen) atoms. The highest BCUT2D eigenvalue weighted by molar-refractivity contribution is 5.77. The van der Waals surface area contributed by atoms with E-state index in [0.717, 1.165) is 32.0 Å². The Morgan fingerprint density at radius 2 is 2.19 bits per heavy atom. The number of carbonyl (C=O) groups is 1. The van der Waals surface area contributed by atoms with E-state index in [2.05, 4.69) is 17.1 Å². The molecule has 0 spiro atoms. The molecule has 3 aliphatic rings. The van der Waals surface area contributed by atoms with Crippen LogP contribution >= 0.6 is 0 Å². The molecule has 0 aromatic heterocycles. The van der Waals surface area contributed by atoms with Gasteiger partial charge in [-0.05, 0) is 37.5 Å². The summed E-state index contributed by atoms with van der Waals surface area (Å²) in [6.45, 7) is 5.46. The van der Waals surface area contributed by atoms with Gasteiger partial charge in [0.1, 0.15) is 0 Å². The third-order valence-corrected chi connectivity index (χ3v) is 4.94. The van der Waals surface area contributed by atoms with E-state index >= 15 is 0 Å². The molecule has 0 aromatic carbocycles. The molecule has 3 atom stereocenters. The number of nitrogens with zero attached hydrogens (tertiary/aromatic N) is 1. The minimum Gasteiger partial charge on any atom is -0.339 e. The van der Waals surface area contributed by atoms with E-state index in [4.69, 9.17) is 0 Å². The molecular weight excluding hydrogens is 200 g/mol. The van der Waals surface area contributed by atoms with Gasteiger partial charge >= 0.3 is 0 Å². The van der Waals surface area contributed by atoms with E-state index in [9.17, 15) is 4.79 Å². The Bertz CT molecular complexity index is 288. The largest absolute Gasteiger partial charge is 0.339 e. The van der Waals surface area contributed by atoms with Gasteiger partial charge in [-0.25, -0.2) is 0 Å². The molecule has 3 rings (SSSR count). The molecule has 2 heterocycles.